The van der Waals surface area contributed by atoms with Crippen LogP contribution in [0.15, 0.2) is 24.3 Å². The molecule has 1 aromatic carbocycles. The van der Waals surface area contributed by atoms with Crippen molar-refractivity contribution in [2.45, 2.75) is 70.5 Å². The van der Waals surface area contributed by atoms with Crippen molar-refractivity contribution in [1.82, 2.24) is 19.9 Å². The van der Waals surface area contributed by atoms with Gasteiger partial charge in [-0.25, -0.2) is 23.7 Å². The molecule has 2 fully saturated rings. The van der Waals surface area contributed by atoms with Crippen LogP contribution in [0.25, 0.3) is 33.1 Å². The van der Waals surface area contributed by atoms with Gasteiger partial charge in [-0.15, -0.1) is 0 Å². The number of aromatic nitrogens is 3. The van der Waals surface area contributed by atoms with E-state index in [0.29, 0.717) is 35.1 Å². The van der Waals surface area contributed by atoms with E-state index in [2.05, 4.69) is 14.9 Å². The molecule has 45 heavy (non-hydrogen) atoms. The number of fused-ring (bicyclic) bond motifs is 2. The Morgan fingerprint density at radius 2 is 1.89 bits per heavy atom. The number of carbonyl (C=O) groups excluding carboxylic acids is 1. The number of anilines is 2. The number of pyridine rings is 3. The number of aryl methyl sites for hydroxylation is 1. The van der Waals surface area contributed by atoms with Crippen molar-refractivity contribution in [2.24, 2.45) is 5.73 Å². The van der Waals surface area contributed by atoms with Crippen molar-refractivity contribution in [3.05, 3.63) is 41.5 Å². The summed E-state index contributed by atoms with van der Waals surface area (Å²) in [6, 6.07) is 5.23. The molecular weight excluding hydrogens is 580 g/mol. The number of primary amides is 1. The Bertz CT molecular complexity index is 1840. The number of carbonyl (C=O) groups is 1. The highest BCUT2D eigenvalue weighted by atomic mass is 19.1. The monoisotopic (exact) mass is 617 g/mol. The quantitative estimate of drug-likeness (QED) is 0.302. The van der Waals surface area contributed by atoms with Crippen molar-refractivity contribution in [3.8, 4) is 23.1 Å². The molecule has 1 amide bonds. The molecule has 0 radical (unpaired) electrons. The van der Waals surface area contributed by atoms with E-state index in [1.165, 1.54) is 6.07 Å². The van der Waals surface area contributed by atoms with Gasteiger partial charge in [-0.3, -0.25) is 9.69 Å². The van der Waals surface area contributed by atoms with E-state index in [0.717, 1.165) is 38.8 Å². The first-order valence-electron chi connectivity index (χ1n) is 15.6. The fraction of sp³-hybridized carbons (Fsp3) is 0.455. The van der Waals surface area contributed by atoms with Gasteiger partial charge in [0.25, 0.3) is 0 Å². The fourth-order valence-corrected chi connectivity index (χ4v) is 7.58. The first-order chi connectivity index (χ1) is 21.6. The van der Waals surface area contributed by atoms with Crippen molar-refractivity contribution < 1.29 is 23.0 Å². The van der Waals surface area contributed by atoms with Gasteiger partial charge in [0.2, 0.25) is 17.7 Å². The molecule has 2 atom stereocenters. The maximum absolute atomic E-state index is 17.0. The molecule has 0 saturated carbocycles. The lowest BCUT2D eigenvalue weighted by Crippen LogP contribution is -2.49. The highest BCUT2D eigenvalue weighted by Gasteiger charge is 2.45. The summed E-state index contributed by atoms with van der Waals surface area (Å²) in [5.74, 6) is -1.28. The molecule has 2 saturated heterocycles. The molecule has 7 rings (SSSR count). The molecule has 0 spiro atoms. The number of nitrogen functional groups attached to an aromatic ring is 1. The number of nitrogens with zero attached hydrogens (tertiary/aromatic N) is 5. The van der Waals surface area contributed by atoms with Crippen molar-refractivity contribution in [3.63, 3.8) is 0 Å². The average Bonchev–Trinajstić information content (AvgIpc) is 3.56. The number of rotatable bonds is 7. The number of nitrogens with two attached hydrogens (primary N) is 2. The number of benzene rings is 1. The molecule has 6 heterocycles. The Morgan fingerprint density at radius 3 is 2.60 bits per heavy atom. The van der Waals surface area contributed by atoms with Gasteiger partial charge < -0.3 is 25.8 Å². The van der Waals surface area contributed by atoms with Crippen LogP contribution < -0.4 is 25.8 Å². The van der Waals surface area contributed by atoms with Crippen LogP contribution in [0.3, 0.4) is 0 Å². The number of ether oxygens (including phenoxy) is 2. The minimum absolute atomic E-state index is 0.0581. The molecule has 4 aromatic rings. The van der Waals surface area contributed by atoms with E-state index in [-0.39, 0.29) is 58.1 Å². The highest BCUT2D eigenvalue weighted by Crippen LogP contribution is 2.45. The normalized spacial score (nSPS) is 19.8. The zero-order valence-electron chi connectivity index (χ0n) is 25.7. The number of amides is 1. The summed E-state index contributed by atoms with van der Waals surface area (Å²) in [4.78, 5) is 30.6. The van der Waals surface area contributed by atoms with Gasteiger partial charge >= 0.3 is 0 Å². The van der Waals surface area contributed by atoms with Gasteiger partial charge in [0.15, 0.2) is 5.82 Å². The molecule has 12 heteroatoms. The van der Waals surface area contributed by atoms with Crippen LogP contribution in [0.1, 0.15) is 52.0 Å². The molecule has 236 valence electrons. The zero-order valence-corrected chi connectivity index (χ0v) is 25.7. The van der Waals surface area contributed by atoms with Gasteiger partial charge in [0.1, 0.15) is 47.8 Å². The number of hydrogen-bond donors (Lipinski definition) is 2. The van der Waals surface area contributed by atoms with Crippen LogP contribution in [0, 0.1) is 11.6 Å². The van der Waals surface area contributed by atoms with E-state index in [4.69, 9.17) is 25.9 Å². The summed E-state index contributed by atoms with van der Waals surface area (Å²) in [5, 5.41) is 1.32. The average molecular weight is 618 g/mol. The largest absolute Gasteiger partial charge is 0.476 e. The lowest BCUT2D eigenvalue weighted by Gasteiger charge is -2.34. The second-order valence-electron chi connectivity index (χ2n) is 12.5. The summed E-state index contributed by atoms with van der Waals surface area (Å²) >= 11 is 0. The third kappa shape index (κ3) is 4.68. The predicted molar refractivity (Wildman–Crippen MR) is 168 cm³/mol. The van der Waals surface area contributed by atoms with Gasteiger partial charge in [-0.2, -0.15) is 0 Å². The smallest absolute Gasteiger partial charge is 0.239 e. The predicted octanol–water partition coefficient (Wildman–Crippen LogP) is 4.74. The van der Waals surface area contributed by atoms with Gasteiger partial charge in [0, 0.05) is 11.5 Å². The molecule has 0 aliphatic carbocycles. The summed E-state index contributed by atoms with van der Waals surface area (Å²) in [7, 11) is 0. The molecule has 3 aromatic heterocycles. The Labute approximate surface area is 259 Å². The summed E-state index contributed by atoms with van der Waals surface area (Å²) in [5.41, 5.74) is 12.6. The summed E-state index contributed by atoms with van der Waals surface area (Å²) in [6.07, 6.45) is 4.61. The summed E-state index contributed by atoms with van der Waals surface area (Å²) < 4.78 is 44.6. The van der Waals surface area contributed by atoms with Crippen molar-refractivity contribution in [2.75, 3.05) is 36.9 Å². The molecular formula is C33H37F2N7O3. The maximum Gasteiger partial charge on any atom is 0.239 e. The molecule has 4 N–H and O–H groups in total. The van der Waals surface area contributed by atoms with E-state index < -0.39 is 23.6 Å². The Morgan fingerprint density at radius 1 is 1.13 bits per heavy atom. The van der Waals surface area contributed by atoms with E-state index in [9.17, 15) is 4.79 Å². The van der Waals surface area contributed by atoms with Crippen LogP contribution in [0.2, 0.25) is 0 Å². The Hall–Kier alpha value is -4.32. The van der Waals surface area contributed by atoms with E-state index in [1.54, 1.807) is 25.1 Å². The number of hydrogen-bond acceptors (Lipinski definition) is 9. The molecule has 3 aliphatic rings. The third-order valence-corrected chi connectivity index (χ3v) is 9.81. The second-order valence-corrected chi connectivity index (χ2v) is 12.5. The number of halogens is 2. The molecule has 10 nitrogen and oxygen atoms in total. The first kappa shape index (κ1) is 29.4. The highest BCUT2D eigenvalue weighted by molar-refractivity contribution is 6.03. The molecule has 0 unspecified atom stereocenters. The molecule has 0 bridgehead atoms. The van der Waals surface area contributed by atoms with Crippen LogP contribution in [-0.2, 0) is 11.2 Å². The lowest BCUT2D eigenvalue weighted by atomic mass is 9.95. The van der Waals surface area contributed by atoms with Gasteiger partial charge in [-0.1, -0.05) is 13.0 Å². The first-order valence-corrected chi connectivity index (χ1v) is 15.6. The third-order valence-electron chi connectivity index (χ3n) is 9.81. The van der Waals surface area contributed by atoms with E-state index in [1.807, 2.05) is 18.7 Å². The Balaban J connectivity index is 1.47. The van der Waals surface area contributed by atoms with Crippen LogP contribution in [0.4, 0.5) is 20.3 Å². The van der Waals surface area contributed by atoms with Crippen LogP contribution in [0.5, 0.6) is 11.8 Å². The van der Waals surface area contributed by atoms with Gasteiger partial charge in [-0.05, 0) is 82.1 Å². The minimum Gasteiger partial charge on any atom is -0.476 e. The zero-order chi connectivity index (χ0) is 31.6. The molecule has 3 aliphatic heterocycles. The second kappa shape index (κ2) is 10.9. The topological polar surface area (TPSA) is 133 Å². The Kier molecular flexibility index (Phi) is 7.14. The fourth-order valence-electron chi connectivity index (χ4n) is 7.58. The minimum atomic E-state index is -0.780. The van der Waals surface area contributed by atoms with Crippen LogP contribution in [-0.4, -0.2) is 69.7 Å². The lowest BCUT2D eigenvalue weighted by molar-refractivity contribution is -0.119. The van der Waals surface area contributed by atoms with Gasteiger partial charge in [0.05, 0.1) is 22.7 Å². The van der Waals surface area contributed by atoms with Crippen molar-refractivity contribution in [1.29, 1.82) is 0 Å². The maximum atomic E-state index is 17.0. The summed E-state index contributed by atoms with van der Waals surface area (Å²) in [6.45, 7) is 8.03. The van der Waals surface area contributed by atoms with Crippen LogP contribution >= 0.6 is 0 Å². The van der Waals surface area contributed by atoms with E-state index >= 15 is 8.78 Å². The van der Waals surface area contributed by atoms with Crippen molar-refractivity contribution >= 4 is 39.1 Å². The SMILES string of the molecule is CCc1c(F)ccc2cc(N)nc(-c3nc4c5c(cc(OCC67CCCN6CCC7)nc5c3F)N([C@H](C)C(N)=O)[C@@H](C)CO4)c12. The standard InChI is InChI=1S/C33H37F2N7O3/c1-4-20-21(34)8-7-19-13-23(36)38-29(25(19)20)30-27(35)28-26-22(42(18(3)31(37)43)17(2)15-44-32(26)40-30)14-24(39-28)45-16-33-9-5-11-41(33)12-6-10-33/h7-8,13-14,17-18H,4-6,9-12,15-16H2,1-3H3,(H2,36,38)(H2,37,43)/t17-,18+/m0/s1.